The number of carbonyl (C=O) groups is 1. The lowest BCUT2D eigenvalue weighted by Crippen LogP contribution is -2.03. The summed E-state index contributed by atoms with van der Waals surface area (Å²) in [6, 6.07) is 7.84. The van der Waals surface area contributed by atoms with E-state index in [1.807, 2.05) is 0 Å². The molecule has 6 heteroatoms. The molecule has 0 saturated heterocycles. The van der Waals surface area contributed by atoms with Crippen molar-refractivity contribution >= 4 is 17.1 Å². The molecule has 0 aliphatic carbocycles. The molecule has 0 aliphatic rings. The average Bonchev–Trinajstić information content (AvgIpc) is 2.76. The number of aromatic nitrogens is 3. The predicted octanol–water partition coefficient (Wildman–Crippen LogP) is 2.47. The van der Waals surface area contributed by atoms with E-state index in [2.05, 4.69) is 9.97 Å². The van der Waals surface area contributed by atoms with E-state index in [-0.39, 0.29) is 11.5 Å². The molecular weight excluding hydrogens is 261 g/mol. The molecule has 0 unspecified atom stereocenters. The van der Waals surface area contributed by atoms with Crippen LogP contribution in [0.25, 0.3) is 22.4 Å². The SMILES string of the molecule is Cn1c(-c2ccc(F)cc2)cc2ncc(C(=O)O)nc21. The standard InChI is InChI=1S/C14H10FN3O2/c1-18-12(8-2-4-9(15)5-3-8)6-10-13(18)17-11(7-16-10)14(19)20/h2-7H,1H3,(H,19,20). The maximum Gasteiger partial charge on any atom is 0.356 e. The van der Waals surface area contributed by atoms with E-state index in [0.29, 0.717) is 11.2 Å². The fraction of sp³-hybridized carbons (Fsp3) is 0.0714. The molecular formula is C14H10FN3O2. The summed E-state index contributed by atoms with van der Waals surface area (Å²) >= 11 is 0. The summed E-state index contributed by atoms with van der Waals surface area (Å²) < 4.78 is 14.7. The first-order valence-corrected chi connectivity index (χ1v) is 5.88. The molecule has 5 nitrogen and oxygen atoms in total. The molecule has 3 aromatic rings. The van der Waals surface area contributed by atoms with Gasteiger partial charge < -0.3 is 9.67 Å². The molecule has 20 heavy (non-hydrogen) atoms. The van der Waals surface area contributed by atoms with Gasteiger partial charge in [-0.3, -0.25) is 4.98 Å². The smallest absolute Gasteiger partial charge is 0.356 e. The monoisotopic (exact) mass is 271 g/mol. The Balaban J connectivity index is 2.20. The van der Waals surface area contributed by atoms with Crippen LogP contribution in [-0.4, -0.2) is 25.6 Å². The van der Waals surface area contributed by atoms with Gasteiger partial charge in [-0.2, -0.15) is 0 Å². The second-order valence-electron chi connectivity index (χ2n) is 4.36. The van der Waals surface area contributed by atoms with E-state index in [0.717, 1.165) is 11.3 Å². The molecule has 0 aliphatic heterocycles. The van der Waals surface area contributed by atoms with Crippen LogP contribution in [0.1, 0.15) is 10.5 Å². The Morgan fingerprint density at radius 3 is 2.65 bits per heavy atom. The second kappa shape index (κ2) is 4.41. The van der Waals surface area contributed by atoms with Crippen molar-refractivity contribution in [1.29, 1.82) is 0 Å². The first-order chi connectivity index (χ1) is 9.56. The van der Waals surface area contributed by atoms with E-state index in [4.69, 9.17) is 5.11 Å². The second-order valence-corrected chi connectivity index (χ2v) is 4.36. The predicted molar refractivity (Wildman–Crippen MR) is 70.9 cm³/mol. The van der Waals surface area contributed by atoms with Gasteiger partial charge in [-0.1, -0.05) is 0 Å². The van der Waals surface area contributed by atoms with Crippen molar-refractivity contribution in [1.82, 2.24) is 14.5 Å². The maximum absolute atomic E-state index is 13.0. The average molecular weight is 271 g/mol. The van der Waals surface area contributed by atoms with Crippen molar-refractivity contribution < 1.29 is 14.3 Å². The minimum absolute atomic E-state index is 0.107. The molecule has 2 aromatic heterocycles. The molecule has 0 fully saturated rings. The highest BCUT2D eigenvalue weighted by atomic mass is 19.1. The third kappa shape index (κ3) is 1.91. The van der Waals surface area contributed by atoms with Crippen LogP contribution in [0.3, 0.4) is 0 Å². The highest BCUT2D eigenvalue weighted by Gasteiger charge is 2.13. The fourth-order valence-corrected chi connectivity index (χ4v) is 2.08. The van der Waals surface area contributed by atoms with Crippen molar-refractivity contribution in [3.63, 3.8) is 0 Å². The van der Waals surface area contributed by atoms with E-state index in [1.165, 1.54) is 18.3 Å². The van der Waals surface area contributed by atoms with Gasteiger partial charge in [-0.25, -0.2) is 14.2 Å². The molecule has 100 valence electrons. The number of aromatic carboxylic acids is 1. The van der Waals surface area contributed by atoms with Crippen LogP contribution < -0.4 is 0 Å². The number of fused-ring (bicyclic) bond motifs is 1. The summed E-state index contributed by atoms with van der Waals surface area (Å²) in [7, 11) is 1.77. The third-order valence-electron chi connectivity index (χ3n) is 3.09. The summed E-state index contributed by atoms with van der Waals surface area (Å²) in [4.78, 5) is 19.1. The molecule has 1 aromatic carbocycles. The van der Waals surface area contributed by atoms with Crippen LogP contribution in [-0.2, 0) is 7.05 Å². The first-order valence-electron chi connectivity index (χ1n) is 5.88. The normalized spacial score (nSPS) is 10.9. The Bertz CT molecular complexity index is 809. The summed E-state index contributed by atoms with van der Waals surface area (Å²) in [6.45, 7) is 0. The molecule has 0 saturated carbocycles. The molecule has 0 amide bonds. The van der Waals surface area contributed by atoms with Crippen molar-refractivity contribution in [2.75, 3.05) is 0 Å². The Kier molecular flexibility index (Phi) is 2.71. The van der Waals surface area contributed by atoms with Crippen LogP contribution in [0.5, 0.6) is 0 Å². The minimum Gasteiger partial charge on any atom is -0.476 e. The fourth-order valence-electron chi connectivity index (χ4n) is 2.08. The van der Waals surface area contributed by atoms with Crippen LogP contribution in [0.15, 0.2) is 36.5 Å². The van der Waals surface area contributed by atoms with E-state index >= 15 is 0 Å². The van der Waals surface area contributed by atoms with Gasteiger partial charge in [-0.05, 0) is 35.9 Å². The molecule has 0 spiro atoms. The molecule has 0 radical (unpaired) electrons. The molecule has 1 N–H and O–H groups in total. The highest BCUT2D eigenvalue weighted by Crippen LogP contribution is 2.25. The van der Waals surface area contributed by atoms with Crippen LogP contribution in [0.4, 0.5) is 4.39 Å². The quantitative estimate of drug-likeness (QED) is 0.777. The number of halogens is 1. The lowest BCUT2D eigenvalue weighted by Gasteiger charge is -2.03. The Labute approximate surface area is 113 Å². The molecule has 3 rings (SSSR count). The zero-order chi connectivity index (χ0) is 14.3. The van der Waals surface area contributed by atoms with Crippen molar-refractivity contribution in [2.24, 2.45) is 7.05 Å². The summed E-state index contributed by atoms with van der Waals surface area (Å²) in [5.74, 6) is -1.43. The van der Waals surface area contributed by atoms with Crippen LogP contribution >= 0.6 is 0 Å². The maximum atomic E-state index is 13.0. The van der Waals surface area contributed by atoms with E-state index in [9.17, 15) is 9.18 Å². The van der Waals surface area contributed by atoms with Gasteiger partial charge in [0.1, 0.15) is 11.3 Å². The summed E-state index contributed by atoms with van der Waals surface area (Å²) in [5.41, 5.74) is 2.57. The highest BCUT2D eigenvalue weighted by molar-refractivity contribution is 5.88. The Morgan fingerprint density at radius 1 is 1.30 bits per heavy atom. The van der Waals surface area contributed by atoms with Crippen molar-refractivity contribution in [3.8, 4) is 11.3 Å². The van der Waals surface area contributed by atoms with Gasteiger partial charge in [0.05, 0.1) is 11.9 Å². The van der Waals surface area contributed by atoms with Gasteiger partial charge in [-0.15, -0.1) is 0 Å². The molecule has 0 atom stereocenters. The topological polar surface area (TPSA) is 68.0 Å². The molecule has 0 bridgehead atoms. The number of aryl methyl sites for hydroxylation is 1. The van der Waals surface area contributed by atoms with Gasteiger partial charge in [0, 0.05) is 7.05 Å². The summed E-state index contributed by atoms with van der Waals surface area (Å²) in [6.07, 6.45) is 1.22. The van der Waals surface area contributed by atoms with Crippen LogP contribution in [0, 0.1) is 5.82 Å². The first kappa shape index (κ1) is 12.3. The van der Waals surface area contributed by atoms with E-state index in [1.54, 1.807) is 29.8 Å². The van der Waals surface area contributed by atoms with Crippen molar-refractivity contribution in [2.45, 2.75) is 0 Å². The van der Waals surface area contributed by atoms with Gasteiger partial charge >= 0.3 is 5.97 Å². The lowest BCUT2D eigenvalue weighted by atomic mass is 10.1. The zero-order valence-corrected chi connectivity index (χ0v) is 10.5. The number of nitrogens with zero attached hydrogens (tertiary/aromatic N) is 3. The van der Waals surface area contributed by atoms with Gasteiger partial charge in [0.25, 0.3) is 0 Å². The third-order valence-corrected chi connectivity index (χ3v) is 3.09. The van der Waals surface area contributed by atoms with Crippen LogP contribution in [0.2, 0.25) is 0 Å². The Morgan fingerprint density at radius 2 is 2.00 bits per heavy atom. The van der Waals surface area contributed by atoms with Gasteiger partial charge in [0.15, 0.2) is 11.3 Å². The summed E-state index contributed by atoms with van der Waals surface area (Å²) in [5, 5.41) is 8.94. The number of hydrogen-bond donors (Lipinski definition) is 1. The number of carboxylic acids is 1. The number of rotatable bonds is 2. The van der Waals surface area contributed by atoms with E-state index < -0.39 is 5.97 Å². The number of carboxylic acid groups (broad SMARTS) is 1. The van der Waals surface area contributed by atoms with Crippen molar-refractivity contribution in [3.05, 3.63) is 48.0 Å². The number of hydrogen-bond acceptors (Lipinski definition) is 3. The number of benzene rings is 1. The minimum atomic E-state index is -1.12. The molecule has 2 heterocycles. The van der Waals surface area contributed by atoms with Gasteiger partial charge in [0.2, 0.25) is 0 Å². The Hall–Kier alpha value is -2.76. The lowest BCUT2D eigenvalue weighted by molar-refractivity contribution is 0.0690. The largest absolute Gasteiger partial charge is 0.476 e. The zero-order valence-electron chi connectivity index (χ0n) is 10.5.